The van der Waals surface area contributed by atoms with Gasteiger partial charge >= 0.3 is 0 Å². The first kappa shape index (κ1) is 13.3. The number of aryl methyl sites for hydroxylation is 1. The molecular formula is C12H19ClN2O. The Bertz CT molecular complexity index is 296. The number of halogens is 1. The summed E-state index contributed by atoms with van der Waals surface area (Å²) in [6.07, 6.45) is 5.65. The van der Waals surface area contributed by atoms with Gasteiger partial charge in [-0.15, -0.1) is 12.4 Å². The van der Waals surface area contributed by atoms with Crippen molar-refractivity contribution in [2.45, 2.75) is 32.2 Å². The molecule has 1 aliphatic rings. The van der Waals surface area contributed by atoms with Crippen LogP contribution in [0.4, 0.5) is 0 Å². The summed E-state index contributed by atoms with van der Waals surface area (Å²) in [6, 6.07) is 4.45. The van der Waals surface area contributed by atoms with Crippen LogP contribution in [0, 0.1) is 6.92 Å². The molecule has 0 amide bonds. The Balaban J connectivity index is 0.00000128. The monoisotopic (exact) mass is 242 g/mol. The number of rotatable bonds is 3. The molecule has 1 aromatic rings. The maximum atomic E-state index is 5.63. The van der Waals surface area contributed by atoms with Crippen molar-refractivity contribution in [1.29, 1.82) is 0 Å². The van der Waals surface area contributed by atoms with Gasteiger partial charge in [0.25, 0.3) is 0 Å². The van der Waals surface area contributed by atoms with E-state index in [4.69, 9.17) is 4.74 Å². The zero-order valence-electron chi connectivity index (χ0n) is 9.61. The summed E-state index contributed by atoms with van der Waals surface area (Å²) in [6.45, 7) is 3.88. The lowest BCUT2D eigenvalue weighted by molar-refractivity contribution is 0.232. The number of ether oxygens (including phenoxy) is 1. The molecule has 1 fully saturated rings. The Morgan fingerprint density at radius 1 is 1.44 bits per heavy atom. The highest BCUT2D eigenvalue weighted by molar-refractivity contribution is 5.85. The van der Waals surface area contributed by atoms with Gasteiger partial charge in [-0.3, -0.25) is 0 Å². The second-order valence-electron chi connectivity index (χ2n) is 4.13. The van der Waals surface area contributed by atoms with E-state index in [9.17, 15) is 0 Å². The molecule has 3 nitrogen and oxygen atoms in total. The van der Waals surface area contributed by atoms with Gasteiger partial charge in [-0.05, 0) is 31.9 Å². The van der Waals surface area contributed by atoms with E-state index in [2.05, 4.69) is 10.3 Å². The number of hydrogen-bond acceptors (Lipinski definition) is 3. The average molecular weight is 243 g/mol. The first-order valence-electron chi connectivity index (χ1n) is 5.63. The van der Waals surface area contributed by atoms with Crippen LogP contribution < -0.4 is 10.1 Å². The summed E-state index contributed by atoms with van der Waals surface area (Å²) in [5, 5.41) is 3.45. The Morgan fingerprint density at radius 3 is 2.94 bits per heavy atom. The SMILES string of the molecule is Cc1ccc(OCC2CCCCN2)nc1.Cl. The fourth-order valence-corrected chi connectivity index (χ4v) is 1.79. The standard InChI is InChI=1S/C12H18N2O.ClH/c1-10-5-6-12(14-8-10)15-9-11-4-2-3-7-13-11;/h5-6,8,11,13H,2-4,7,9H2,1H3;1H. The lowest BCUT2D eigenvalue weighted by Crippen LogP contribution is -2.38. The molecule has 0 spiro atoms. The molecule has 0 radical (unpaired) electrons. The van der Waals surface area contributed by atoms with E-state index in [0.717, 1.165) is 24.6 Å². The van der Waals surface area contributed by atoms with Crippen molar-refractivity contribution < 1.29 is 4.74 Å². The van der Waals surface area contributed by atoms with Crippen molar-refractivity contribution in [3.05, 3.63) is 23.9 Å². The molecule has 2 heterocycles. The van der Waals surface area contributed by atoms with Crippen molar-refractivity contribution in [3.8, 4) is 5.88 Å². The maximum Gasteiger partial charge on any atom is 0.213 e. The van der Waals surface area contributed by atoms with E-state index in [1.54, 1.807) is 0 Å². The lowest BCUT2D eigenvalue weighted by Gasteiger charge is -2.23. The number of pyridine rings is 1. The first-order chi connectivity index (χ1) is 7.34. The van der Waals surface area contributed by atoms with Gasteiger partial charge in [0.1, 0.15) is 6.61 Å². The van der Waals surface area contributed by atoms with Crippen molar-refractivity contribution in [2.24, 2.45) is 0 Å². The van der Waals surface area contributed by atoms with Gasteiger partial charge in [-0.25, -0.2) is 4.98 Å². The predicted molar refractivity (Wildman–Crippen MR) is 67.4 cm³/mol. The Kier molecular flexibility index (Phi) is 5.56. The topological polar surface area (TPSA) is 34.1 Å². The predicted octanol–water partition coefficient (Wildman–Crippen LogP) is 2.33. The Hall–Kier alpha value is -0.800. The van der Waals surface area contributed by atoms with Gasteiger partial charge in [-0.1, -0.05) is 12.5 Å². The van der Waals surface area contributed by atoms with Crippen LogP contribution in [0.1, 0.15) is 24.8 Å². The smallest absolute Gasteiger partial charge is 0.213 e. The molecular weight excluding hydrogens is 224 g/mol. The third-order valence-corrected chi connectivity index (χ3v) is 2.73. The maximum absolute atomic E-state index is 5.63. The van der Waals surface area contributed by atoms with Gasteiger partial charge in [0.15, 0.2) is 0 Å². The quantitative estimate of drug-likeness (QED) is 0.884. The minimum atomic E-state index is 0. The average Bonchev–Trinajstić information content (AvgIpc) is 2.30. The molecule has 0 aromatic carbocycles. The second-order valence-corrected chi connectivity index (χ2v) is 4.13. The molecule has 2 rings (SSSR count). The van der Waals surface area contributed by atoms with Crippen LogP contribution in [0.15, 0.2) is 18.3 Å². The number of nitrogens with one attached hydrogen (secondary N) is 1. The molecule has 4 heteroatoms. The van der Waals surface area contributed by atoms with Crippen molar-refractivity contribution >= 4 is 12.4 Å². The van der Waals surface area contributed by atoms with Gasteiger partial charge < -0.3 is 10.1 Å². The molecule has 1 saturated heterocycles. The summed E-state index contributed by atoms with van der Waals surface area (Å²) < 4.78 is 5.63. The van der Waals surface area contributed by atoms with Crippen LogP contribution >= 0.6 is 12.4 Å². The van der Waals surface area contributed by atoms with Crippen LogP contribution in [-0.4, -0.2) is 24.2 Å². The second kappa shape index (κ2) is 6.71. The molecule has 1 aliphatic heterocycles. The molecule has 1 N–H and O–H groups in total. The van der Waals surface area contributed by atoms with E-state index < -0.39 is 0 Å². The molecule has 16 heavy (non-hydrogen) atoms. The summed E-state index contributed by atoms with van der Waals surface area (Å²) >= 11 is 0. The van der Waals surface area contributed by atoms with E-state index in [0.29, 0.717) is 6.04 Å². The fraction of sp³-hybridized carbons (Fsp3) is 0.583. The highest BCUT2D eigenvalue weighted by Gasteiger charge is 2.12. The zero-order chi connectivity index (χ0) is 10.5. The minimum Gasteiger partial charge on any atom is -0.476 e. The molecule has 1 aromatic heterocycles. The Labute approximate surface area is 103 Å². The van der Waals surface area contributed by atoms with Crippen molar-refractivity contribution in [3.63, 3.8) is 0 Å². The van der Waals surface area contributed by atoms with Crippen LogP contribution in [-0.2, 0) is 0 Å². The summed E-state index contributed by atoms with van der Waals surface area (Å²) in [5.41, 5.74) is 1.16. The van der Waals surface area contributed by atoms with Crippen LogP contribution in [0.3, 0.4) is 0 Å². The van der Waals surface area contributed by atoms with E-state index in [1.165, 1.54) is 19.3 Å². The molecule has 0 aliphatic carbocycles. The van der Waals surface area contributed by atoms with Crippen molar-refractivity contribution in [1.82, 2.24) is 10.3 Å². The third kappa shape index (κ3) is 3.99. The van der Waals surface area contributed by atoms with Gasteiger partial charge in [-0.2, -0.15) is 0 Å². The number of piperidine rings is 1. The summed E-state index contributed by atoms with van der Waals surface area (Å²) in [5.74, 6) is 0.730. The highest BCUT2D eigenvalue weighted by atomic mass is 35.5. The molecule has 90 valence electrons. The van der Waals surface area contributed by atoms with Gasteiger partial charge in [0, 0.05) is 18.3 Å². The minimum absolute atomic E-state index is 0. The molecule has 0 saturated carbocycles. The van der Waals surface area contributed by atoms with Gasteiger partial charge in [0.2, 0.25) is 5.88 Å². The zero-order valence-corrected chi connectivity index (χ0v) is 10.4. The lowest BCUT2D eigenvalue weighted by atomic mass is 10.1. The number of hydrogen-bond donors (Lipinski definition) is 1. The van der Waals surface area contributed by atoms with E-state index >= 15 is 0 Å². The van der Waals surface area contributed by atoms with E-state index in [-0.39, 0.29) is 12.4 Å². The summed E-state index contributed by atoms with van der Waals surface area (Å²) in [7, 11) is 0. The Morgan fingerprint density at radius 2 is 2.31 bits per heavy atom. The highest BCUT2D eigenvalue weighted by Crippen LogP contribution is 2.10. The van der Waals surface area contributed by atoms with Crippen LogP contribution in [0.25, 0.3) is 0 Å². The largest absolute Gasteiger partial charge is 0.476 e. The summed E-state index contributed by atoms with van der Waals surface area (Å²) in [4.78, 5) is 4.21. The normalized spacial score (nSPS) is 19.9. The molecule has 1 unspecified atom stereocenters. The number of nitrogens with zero attached hydrogens (tertiary/aromatic N) is 1. The molecule has 0 bridgehead atoms. The first-order valence-corrected chi connectivity index (χ1v) is 5.63. The van der Waals surface area contributed by atoms with Crippen molar-refractivity contribution in [2.75, 3.05) is 13.2 Å². The van der Waals surface area contributed by atoms with Crippen LogP contribution in [0.5, 0.6) is 5.88 Å². The van der Waals surface area contributed by atoms with Gasteiger partial charge in [0.05, 0.1) is 0 Å². The third-order valence-electron chi connectivity index (χ3n) is 2.73. The van der Waals surface area contributed by atoms with E-state index in [1.807, 2.05) is 25.3 Å². The molecule has 1 atom stereocenters. The van der Waals surface area contributed by atoms with Crippen LogP contribution in [0.2, 0.25) is 0 Å². The number of aromatic nitrogens is 1. The fourth-order valence-electron chi connectivity index (χ4n) is 1.79.